The Morgan fingerprint density at radius 1 is 1.58 bits per heavy atom. The summed E-state index contributed by atoms with van der Waals surface area (Å²) in [5.74, 6) is 0. The van der Waals surface area contributed by atoms with Crippen molar-refractivity contribution >= 4 is 18.2 Å². The molecule has 1 heterocycles. The smallest absolute Gasteiger partial charge is 0.435 e. The molecule has 1 unspecified atom stereocenters. The van der Waals surface area contributed by atoms with Crippen LogP contribution >= 0.6 is 0 Å². The molecule has 0 aromatic carbocycles. The van der Waals surface area contributed by atoms with Crippen LogP contribution in [-0.2, 0) is 0 Å². The van der Waals surface area contributed by atoms with Crippen molar-refractivity contribution in [3.8, 4) is 0 Å². The van der Waals surface area contributed by atoms with E-state index in [1.165, 1.54) is 0 Å². The summed E-state index contributed by atoms with van der Waals surface area (Å²) in [5, 5.41) is 10.8. The number of nitrogens with one attached hydrogen (secondary N) is 1. The van der Waals surface area contributed by atoms with Crippen LogP contribution < -0.4 is 11.1 Å². The number of rotatable bonds is 0. The van der Waals surface area contributed by atoms with Gasteiger partial charge >= 0.3 is 18.2 Å². The number of hydrogen-bond donors (Lipinski definition) is 3. The van der Waals surface area contributed by atoms with Crippen LogP contribution in [0.4, 0.5) is 14.4 Å². The van der Waals surface area contributed by atoms with Crippen LogP contribution in [0.5, 0.6) is 0 Å². The summed E-state index contributed by atoms with van der Waals surface area (Å²) in [5.41, 5.74) is 4.82. The van der Waals surface area contributed by atoms with Gasteiger partial charge in [0.25, 0.3) is 0 Å². The van der Waals surface area contributed by atoms with Crippen LogP contribution in [-0.4, -0.2) is 40.8 Å². The Hall–Kier alpha value is -1.63. The first-order chi connectivity index (χ1) is 5.51. The first kappa shape index (κ1) is 8.47. The SMILES string of the molecule is NC(=O)[N+]1(C(=O)O)CCNC1=O. The summed E-state index contributed by atoms with van der Waals surface area (Å²) in [4.78, 5) is 32.3. The molecule has 66 valence electrons. The number of quaternary nitrogens is 1. The van der Waals surface area contributed by atoms with Crippen LogP contribution in [0.3, 0.4) is 0 Å². The van der Waals surface area contributed by atoms with Crippen molar-refractivity contribution in [3.05, 3.63) is 0 Å². The van der Waals surface area contributed by atoms with Crippen molar-refractivity contribution in [2.45, 2.75) is 0 Å². The summed E-state index contributed by atoms with van der Waals surface area (Å²) in [7, 11) is 0. The Morgan fingerprint density at radius 2 is 2.17 bits per heavy atom. The molecule has 1 fully saturated rings. The van der Waals surface area contributed by atoms with E-state index in [4.69, 9.17) is 10.8 Å². The van der Waals surface area contributed by atoms with E-state index in [2.05, 4.69) is 5.32 Å². The molecular formula is C5H8N3O4+. The molecule has 1 saturated heterocycles. The zero-order valence-electron chi connectivity index (χ0n) is 6.11. The van der Waals surface area contributed by atoms with Crippen molar-refractivity contribution in [2.75, 3.05) is 13.1 Å². The fourth-order valence-corrected chi connectivity index (χ4v) is 1.05. The number of primary amides is 1. The largest absolute Gasteiger partial charge is 0.532 e. The van der Waals surface area contributed by atoms with E-state index in [1.807, 2.05) is 0 Å². The highest BCUT2D eigenvalue weighted by Crippen LogP contribution is 2.12. The standard InChI is InChI=1S/C5H7N3O4/c6-3(9)8(5(11)12)2-1-7-4(8)10/h1-2H2,(H3-,6,7,9,10,11,12)/p+1. The first-order valence-electron chi connectivity index (χ1n) is 3.22. The summed E-state index contributed by atoms with van der Waals surface area (Å²) >= 11 is 0. The fourth-order valence-electron chi connectivity index (χ4n) is 1.05. The molecule has 7 heteroatoms. The maximum atomic E-state index is 11.0. The van der Waals surface area contributed by atoms with E-state index in [0.717, 1.165) is 0 Å². The average molecular weight is 174 g/mol. The highest BCUT2D eigenvalue weighted by Gasteiger charge is 2.55. The second-order valence-corrected chi connectivity index (χ2v) is 2.39. The molecule has 0 saturated carbocycles. The van der Waals surface area contributed by atoms with Gasteiger partial charge in [0.2, 0.25) is 0 Å². The lowest BCUT2D eigenvalue weighted by molar-refractivity contribution is -0.677. The second-order valence-electron chi connectivity index (χ2n) is 2.39. The second kappa shape index (κ2) is 2.45. The highest BCUT2D eigenvalue weighted by molar-refractivity contribution is 5.94. The molecule has 0 aromatic rings. The number of urea groups is 2. The highest BCUT2D eigenvalue weighted by atomic mass is 16.4. The van der Waals surface area contributed by atoms with Gasteiger partial charge in [0.1, 0.15) is 6.54 Å². The number of nitrogens with zero attached hydrogens (tertiary/aromatic N) is 1. The molecule has 4 N–H and O–H groups in total. The zero-order chi connectivity index (χ0) is 9.35. The van der Waals surface area contributed by atoms with Crippen LogP contribution in [0, 0.1) is 0 Å². The Bertz CT molecular complexity index is 247. The molecule has 0 aromatic heterocycles. The average Bonchev–Trinajstić information content (AvgIpc) is 2.31. The summed E-state index contributed by atoms with van der Waals surface area (Å²) < 4.78 is -1.35. The molecule has 0 bridgehead atoms. The number of amides is 5. The number of carboxylic acid groups (broad SMARTS) is 1. The minimum atomic E-state index is -1.54. The minimum absolute atomic E-state index is 0.135. The number of carbonyl (C=O) groups is 3. The van der Waals surface area contributed by atoms with Crippen molar-refractivity contribution < 1.29 is 24.0 Å². The van der Waals surface area contributed by atoms with Crippen LogP contribution in [0.1, 0.15) is 0 Å². The monoisotopic (exact) mass is 174 g/mol. The summed E-state index contributed by atoms with van der Waals surface area (Å²) in [6, 6.07) is -2.05. The Morgan fingerprint density at radius 3 is 2.33 bits per heavy atom. The van der Waals surface area contributed by atoms with Gasteiger partial charge in [0.15, 0.2) is 0 Å². The molecule has 1 atom stereocenters. The van der Waals surface area contributed by atoms with Crippen molar-refractivity contribution in [1.82, 2.24) is 5.32 Å². The molecule has 5 amide bonds. The molecule has 0 radical (unpaired) electrons. The normalized spacial score (nSPS) is 28.2. The quantitative estimate of drug-likeness (QED) is 0.421. The van der Waals surface area contributed by atoms with Gasteiger partial charge < -0.3 is 10.8 Å². The predicted octanol–water partition coefficient (Wildman–Crippen LogP) is -0.717. The lowest BCUT2D eigenvalue weighted by Gasteiger charge is -2.16. The molecule has 1 aliphatic rings. The third kappa shape index (κ3) is 0.832. The molecular weight excluding hydrogens is 166 g/mol. The van der Waals surface area contributed by atoms with E-state index in [9.17, 15) is 14.4 Å². The van der Waals surface area contributed by atoms with Gasteiger partial charge in [-0.1, -0.05) is 4.48 Å². The van der Waals surface area contributed by atoms with Crippen LogP contribution in [0.25, 0.3) is 0 Å². The first-order valence-corrected chi connectivity index (χ1v) is 3.22. The van der Waals surface area contributed by atoms with Crippen molar-refractivity contribution in [3.63, 3.8) is 0 Å². The number of imide groups is 3. The van der Waals surface area contributed by atoms with E-state index in [1.54, 1.807) is 0 Å². The maximum Gasteiger partial charge on any atom is 0.532 e. The van der Waals surface area contributed by atoms with E-state index >= 15 is 0 Å². The topological polar surface area (TPSA) is 109 Å². The van der Waals surface area contributed by atoms with Crippen molar-refractivity contribution in [2.24, 2.45) is 5.73 Å². The Kier molecular flexibility index (Phi) is 1.73. The lowest BCUT2D eigenvalue weighted by atomic mass is 10.5. The van der Waals surface area contributed by atoms with Gasteiger partial charge in [-0.15, -0.1) is 0 Å². The third-order valence-corrected chi connectivity index (χ3v) is 1.77. The Balaban J connectivity index is 3.10. The third-order valence-electron chi connectivity index (χ3n) is 1.77. The molecule has 1 rings (SSSR count). The summed E-state index contributed by atoms with van der Waals surface area (Å²) in [6.45, 7) is 0.0115. The van der Waals surface area contributed by atoms with E-state index in [0.29, 0.717) is 0 Å². The molecule has 1 aliphatic heterocycles. The van der Waals surface area contributed by atoms with Crippen LogP contribution in [0.15, 0.2) is 0 Å². The summed E-state index contributed by atoms with van der Waals surface area (Å²) in [6.07, 6.45) is -1.54. The minimum Gasteiger partial charge on any atom is -0.435 e. The lowest BCUT2D eigenvalue weighted by Crippen LogP contribution is -2.60. The molecule has 12 heavy (non-hydrogen) atoms. The number of nitrogens with two attached hydrogens (primary N) is 1. The van der Waals surface area contributed by atoms with Gasteiger partial charge in [-0.05, 0) is 0 Å². The van der Waals surface area contributed by atoms with Crippen molar-refractivity contribution in [1.29, 1.82) is 0 Å². The molecule has 0 aliphatic carbocycles. The van der Waals surface area contributed by atoms with E-state index < -0.39 is 22.6 Å². The van der Waals surface area contributed by atoms with Gasteiger partial charge in [-0.2, -0.15) is 4.79 Å². The van der Waals surface area contributed by atoms with Gasteiger partial charge in [-0.3, -0.25) is 5.32 Å². The van der Waals surface area contributed by atoms with Gasteiger partial charge in [0.05, 0.1) is 6.54 Å². The molecule has 7 nitrogen and oxygen atoms in total. The zero-order valence-corrected chi connectivity index (χ0v) is 6.11. The predicted molar refractivity (Wildman–Crippen MR) is 36.1 cm³/mol. The Labute approximate surface area is 67.3 Å². The maximum absolute atomic E-state index is 11.0. The van der Waals surface area contributed by atoms with Gasteiger partial charge in [-0.25, -0.2) is 9.59 Å². The number of hydrogen-bond acceptors (Lipinski definition) is 3. The number of carbonyl (C=O) groups excluding carboxylic acids is 2. The molecule has 0 spiro atoms. The van der Waals surface area contributed by atoms with Gasteiger partial charge in [0, 0.05) is 0 Å². The van der Waals surface area contributed by atoms with E-state index in [-0.39, 0.29) is 13.1 Å². The fraction of sp³-hybridized carbons (Fsp3) is 0.400. The van der Waals surface area contributed by atoms with Crippen LogP contribution in [0.2, 0.25) is 0 Å².